The molecule has 104 valence electrons. The molecule has 0 saturated heterocycles. The number of rotatable bonds is 3. The Labute approximate surface area is 119 Å². The molecular weight excluding hydrogens is 248 g/mol. The maximum absolute atomic E-state index is 12.3. The van der Waals surface area contributed by atoms with E-state index in [-0.39, 0.29) is 5.91 Å². The molecular formula is C17H20N2O. The van der Waals surface area contributed by atoms with Crippen LogP contribution in [-0.2, 0) is 0 Å². The summed E-state index contributed by atoms with van der Waals surface area (Å²) in [7, 11) is 0. The summed E-state index contributed by atoms with van der Waals surface area (Å²) in [6.45, 7) is 5.19. The Bertz CT molecular complexity index is 676. The van der Waals surface area contributed by atoms with Crippen LogP contribution in [0.4, 0.5) is 5.69 Å². The van der Waals surface area contributed by atoms with Gasteiger partial charge in [0.25, 0.3) is 5.91 Å². The van der Waals surface area contributed by atoms with Gasteiger partial charge in [-0.05, 0) is 40.7 Å². The van der Waals surface area contributed by atoms with Crippen LogP contribution in [0.25, 0.3) is 10.8 Å². The molecule has 3 heteroatoms. The number of hydrogen-bond acceptors (Lipinski definition) is 2. The lowest BCUT2D eigenvalue weighted by Crippen LogP contribution is -2.27. The summed E-state index contributed by atoms with van der Waals surface area (Å²) in [6.07, 6.45) is 1.18. The molecule has 0 heterocycles. The lowest BCUT2D eigenvalue weighted by atomic mass is 10.0. The van der Waals surface area contributed by atoms with Crippen molar-refractivity contribution in [3.05, 3.63) is 42.0 Å². The van der Waals surface area contributed by atoms with Crippen LogP contribution in [0.2, 0.25) is 0 Å². The number of carbonyl (C=O) groups is 1. The fraction of sp³-hybridized carbons (Fsp3) is 0.353. The van der Waals surface area contributed by atoms with E-state index in [2.05, 4.69) is 19.2 Å². The molecule has 0 spiro atoms. The van der Waals surface area contributed by atoms with E-state index in [9.17, 15) is 4.79 Å². The van der Waals surface area contributed by atoms with E-state index in [1.807, 2.05) is 36.4 Å². The van der Waals surface area contributed by atoms with Crippen molar-refractivity contribution in [2.45, 2.75) is 20.3 Å². The van der Waals surface area contributed by atoms with Gasteiger partial charge in [0.05, 0.1) is 5.56 Å². The Balaban J connectivity index is 1.79. The standard InChI is InChI=1S/C17H20N2O/c1-17(2)9-13(17)10-19-16(20)14-7-11-5-3-4-6-12(11)8-15(14)18/h3-8,13H,9-10,18H2,1-2H3,(H,19,20). The molecule has 0 radical (unpaired) electrons. The normalized spacial score (nSPS) is 19.8. The quantitative estimate of drug-likeness (QED) is 0.840. The number of carbonyl (C=O) groups excluding carboxylic acids is 1. The fourth-order valence-corrected chi connectivity index (χ4v) is 2.69. The summed E-state index contributed by atoms with van der Waals surface area (Å²) in [5.74, 6) is 0.518. The van der Waals surface area contributed by atoms with Gasteiger partial charge in [-0.15, -0.1) is 0 Å². The molecule has 1 saturated carbocycles. The number of hydrogen-bond donors (Lipinski definition) is 2. The van der Waals surface area contributed by atoms with Crippen molar-refractivity contribution in [3.63, 3.8) is 0 Å². The topological polar surface area (TPSA) is 55.1 Å². The molecule has 2 aromatic rings. The number of nitrogens with one attached hydrogen (secondary N) is 1. The second kappa shape index (κ2) is 4.51. The first-order valence-electron chi connectivity index (χ1n) is 7.04. The summed E-state index contributed by atoms with van der Waals surface area (Å²) in [6, 6.07) is 11.7. The van der Waals surface area contributed by atoms with Crippen LogP contribution in [0.1, 0.15) is 30.6 Å². The van der Waals surface area contributed by atoms with E-state index in [1.165, 1.54) is 6.42 Å². The summed E-state index contributed by atoms with van der Waals surface area (Å²) >= 11 is 0. The number of benzene rings is 2. The smallest absolute Gasteiger partial charge is 0.253 e. The van der Waals surface area contributed by atoms with Gasteiger partial charge in [-0.25, -0.2) is 0 Å². The highest BCUT2D eigenvalue weighted by molar-refractivity contribution is 6.03. The second-order valence-electron chi connectivity index (χ2n) is 6.39. The largest absolute Gasteiger partial charge is 0.398 e. The maximum Gasteiger partial charge on any atom is 0.253 e. The number of nitrogens with two attached hydrogens (primary N) is 1. The monoisotopic (exact) mass is 268 g/mol. The van der Waals surface area contributed by atoms with Crippen molar-refractivity contribution in [3.8, 4) is 0 Å². The Morgan fingerprint density at radius 3 is 2.50 bits per heavy atom. The molecule has 1 aliphatic rings. The molecule has 1 fully saturated rings. The average molecular weight is 268 g/mol. The third-order valence-electron chi connectivity index (χ3n) is 4.39. The molecule has 1 unspecified atom stereocenters. The van der Waals surface area contributed by atoms with Gasteiger partial charge in [0.2, 0.25) is 0 Å². The Morgan fingerprint density at radius 2 is 1.90 bits per heavy atom. The summed E-state index contributed by atoms with van der Waals surface area (Å²) in [5.41, 5.74) is 7.49. The van der Waals surface area contributed by atoms with Crippen molar-refractivity contribution in [2.75, 3.05) is 12.3 Å². The highest BCUT2D eigenvalue weighted by Crippen LogP contribution is 2.51. The third-order valence-corrected chi connectivity index (χ3v) is 4.39. The fourth-order valence-electron chi connectivity index (χ4n) is 2.69. The molecule has 1 atom stereocenters. The van der Waals surface area contributed by atoms with E-state index in [0.29, 0.717) is 22.6 Å². The number of amides is 1. The van der Waals surface area contributed by atoms with E-state index >= 15 is 0 Å². The van der Waals surface area contributed by atoms with Gasteiger partial charge in [0.15, 0.2) is 0 Å². The highest BCUT2D eigenvalue weighted by atomic mass is 16.1. The van der Waals surface area contributed by atoms with Crippen molar-refractivity contribution in [1.29, 1.82) is 0 Å². The van der Waals surface area contributed by atoms with Gasteiger partial charge in [-0.3, -0.25) is 4.79 Å². The minimum absolute atomic E-state index is 0.0732. The van der Waals surface area contributed by atoms with E-state index < -0.39 is 0 Å². The highest BCUT2D eigenvalue weighted by Gasteiger charge is 2.45. The van der Waals surface area contributed by atoms with E-state index in [1.54, 1.807) is 0 Å². The van der Waals surface area contributed by atoms with Gasteiger partial charge >= 0.3 is 0 Å². The molecule has 0 aromatic heterocycles. The van der Waals surface area contributed by atoms with Crippen molar-refractivity contribution in [1.82, 2.24) is 5.32 Å². The van der Waals surface area contributed by atoms with Gasteiger partial charge in [-0.2, -0.15) is 0 Å². The van der Waals surface area contributed by atoms with E-state index in [4.69, 9.17) is 5.73 Å². The van der Waals surface area contributed by atoms with Crippen LogP contribution < -0.4 is 11.1 Å². The summed E-state index contributed by atoms with van der Waals surface area (Å²) < 4.78 is 0. The minimum atomic E-state index is -0.0732. The van der Waals surface area contributed by atoms with Crippen LogP contribution in [0.5, 0.6) is 0 Å². The first-order chi connectivity index (χ1) is 9.47. The van der Waals surface area contributed by atoms with Crippen molar-refractivity contribution < 1.29 is 4.79 Å². The SMILES string of the molecule is CC1(C)CC1CNC(=O)c1cc2ccccc2cc1N. The van der Waals surface area contributed by atoms with Crippen LogP contribution in [-0.4, -0.2) is 12.5 Å². The third kappa shape index (κ3) is 2.36. The molecule has 1 amide bonds. The molecule has 20 heavy (non-hydrogen) atoms. The molecule has 3 N–H and O–H groups in total. The second-order valence-corrected chi connectivity index (χ2v) is 6.39. The van der Waals surface area contributed by atoms with Crippen LogP contribution in [0.3, 0.4) is 0 Å². The summed E-state index contributed by atoms with van der Waals surface area (Å²) in [4.78, 5) is 12.3. The summed E-state index contributed by atoms with van der Waals surface area (Å²) in [5, 5.41) is 5.10. The Morgan fingerprint density at radius 1 is 1.30 bits per heavy atom. The zero-order valence-corrected chi connectivity index (χ0v) is 11.9. The zero-order valence-electron chi connectivity index (χ0n) is 11.9. The van der Waals surface area contributed by atoms with Gasteiger partial charge in [-0.1, -0.05) is 38.1 Å². The molecule has 1 aliphatic carbocycles. The van der Waals surface area contributed by atoms with Crippen molar-refractivity contribution >= 4 is 22.4 Å². The van der Waals surface area contributed by atoms with E-state index in [0.717, 1.165) is 17.3 Å². The number of fused-ring (bicyclic) bond motifs is 1. The lowest BCUT2D eigenvalue weighted by Gasteiger charge is -2.10. The lowest BCUT2D eigenvalue weighted by molar-refractivity contribution is 0.0951. The first-order valence-corrected chi connectivity index (χ1v) is 7.04. The predicted octanol–water partition coefficient (Wildman–Crippen LogP) is 3.20. The van der Waals surface area contributed by atoms with Gasteiger partial charge < -0.3 is 11.1 Å². The molecule has 0 bridgehead atoms. The molecule has 3 rings (SSSR count). The molecule has 3 nitrogen and oxygen atoms in total. The van der Waals surface area contributed by atoms with Gasteiger partial charge in [0, 0.05) is 12.2 Å². The minimum Gasteiger partial charge on any atom is -0.398 e. The van der Waals surface area contributed by atoms with Gasteiger partial charge in [0.1, 0.15) is 0 Å². The maximum atomic E-state index is 12.3. The van der Waals surface area contributed by atoms with Crippen LogP contribution >= 0.6 is 0 Å². The Kier molecular flexibility index (Phi) is 2.93. The van der Waals surface area contributed by atoms with Crippen molar-refractivity contribution in [2.24, 2.45) is 11.3 Å². The number of anilines is 1. The number of nitrogen functional groups attached to an aromatic ring is 1. The Hall–Kier alpha value is -2.03. The zero-order chi connectivity index (χ0) is 14.3. The van der Waals surface area contributed by atoms with Crippen LogP contribution in [0, 0.1) is 11.3 Å². The first kappa shape index (κ1) is 13.0. The molecule has 0 aliphatic heterocycles. The average Bonchev–Trinajstić information content (AvgIpc) is 3.03. The molecule has 2 aromatic carbocycles. The van der Waals surface area contributed by atoms with Crippen LogP contribution in [0.15, 0.2) is 36.4 Å². The predicted molar refractivity (Wildman–Crippen MR) is 82.6 cm³/mol.